The first-order valence-electron chi connectivity index (χ1n) is 5.67. The Morgan fingerprint density at radius 1 is 1.31 bits per heavy atom. The molecule has 0 aromatic heterocycles. The molecule has 0 amide bonds. The number of unbranched alkanes of at least 4 members (excludes halogenated alkanes) is 2. The zero-order valence-electron chi connectivity index (χ0n) is 9.90. The van der Waals surface area contributed by atoms with Gasteiger partial charge in [0.05, 0.1) is 0 Å². The lowest BCUT2D eigenvalue weighted by molar-refractivity contribution is -0.107. The van der Waals surface area contributed by atoms with Crippen LogP contribution in [0.2, 0.25) is 0 Å². The molecule has 0 aliphatic carbocycles. The van der Waals surface area contributed by atoms with E-state index in [2.05, 4.69) is 6.92 Å². The van der Waals surface area contributed by atoms with Crippen LogP contribution in [0.15, 0.2) is 41.3 Å². The van der Waals surface area contributed by atoms with Crippen molar-refractivity contribution >= 4 is 16.9 Å². The fourth-order valence-corrected chi connectivity index (χ4v) is 1.93. The van der Waals surface area contributed by atoms with Crippen LogP contribution in [0.3, 0.4) is 0 Å². The van der Waals surface area contributed by atoms with Crippen molar-refractivity contribution in [1.82, 2.24) is 0 Å². The number of hydrogen-bond acceptors (Lipinski definition) is 2. The van der Waals surface area contributed by atoms with Crippen molar-refractivity contribution in [1.29, 1.82) is 0 Å². The minimum Gasteiger partial charge on any atom is -0.282 e. The van der Waals surface area contributed by atoms with E-state index in [4.69, 9.17) is 0 Å². The first-order chi connectivity index (χ1) is 7.72. The molecule has 0 heterocycles. The zero-order chi connectivity index (χ0) is 11.8. The van der Waals surface area contributed by atoms with Crippen LogP contribution >= 0.6 is 11.8 Å². The lowest BCUT2D eigenvalue weighted by atomic mass is 10.2. The van der Waals surface area contributed by atoms with Crippen LogP contribution in [-0.4, -0.2) is 5.12 Å². The Morgan fingerprint density at radius 2 is 2.00 bits per heavy atom. The molecule has 0 aliphatic rings. The molecule has 0 saturated heterocycles. The highest BCUT2D eigenvalue weighted by Gasteiger charge is 1.99. The van der Waals surface area contributed by atoms with E-state index < -0.39 is 0 Å². The average Bonchev–Trinajstić information content (AvgIpc) is 2.28. The third-order valence-electron chi connectivity index (χ3n) is 2.22. The summed E-state index contributed by atoms with van der Waals surface area (Å²) in [7, 11) is 0. The summed E-state index contributed by atoms with van der Waals surface area (Å²) in [6.07, 6.45) is 6.96. The van der Waals surface area contributed by atoms with Crippen LogP contribution in [0, 0.1) is 6.92 Å². The van der Waals surface area contributed by atoms with Crippen LogP contribution in [-0.2, 0) is 4.79 Å². The van der Waals surface area contributed by atoms with E-state index >= 15 is 0 Å². The Morgan fingerprint density at radius 3 is 2.62 bits per heavy atom. The minimum absolute atomic E-state index is 0.111. The molecule has 0 bridgehead atoms. The fraction of sp³-hybridized carbons (Fsp3) is 0.357. The highest BCUT2D eigenvalue weighted by atomic mass is 32.2. The van der Waals surface area contributed by atoms with Crippen LogP contribution in [0.1, 0.15) is 31.7 Å². The van der Waals surface area contributed by atoms with Crippen molar-refractivity contribution in [2.45, 2.75) is 38.0 Å². The van der Waals surface area contributed by atoms with Gasteiger partial charge in [-0.2, -0.15) is 0 Å². The molecule has 0 unspecified atom stereocenters. The molecule has 0 saturated carbocycles. The monoisotopic (exact) mass is 234 g/mol. The maximum atomic E-state index is 11.5. The minimum atomic E-state index is 0.111. The van der Waals surface area contributed by atoms with E-state index in [0.717, 1.165) is 17.7 Å². The molecule has 2 heteroatoms. The van der Waals surface area contributed by atoms with Gasteiger partial charge >= 0.3 is 0 Å². The smallest absolute Gasteiger partial charge is 0.216 e. The highest BCUT2D eigenvalue weighted by Crippen LogP contribution is 2.19. The maximum Gasteiger partial charge on any atom is 0.216 e. The Balaban J connectivity index is 2.39. The van der Waals surface area contributed by atoms with Crippen molar-refractivity contribution in [2.75, 3.05) is 0 Å². The molecule has 1 aromatic rings. The number of carbonyl (C=O) groups is 1. The summed E-state index contributed by atoms with van der Waals surface area (Å²) < 4.78 is 0. The molecule has 0 radical (unpaired) electrons. The normalized spacial score (nSPS) is 10.9. The Labute approximate surface area is 102 Å². The lowest BCUT2D eigenvalue weighted by Gasteiger charge is -1.97. The van der Waals surface area contributed by atoms with Crippen molar-refractivity contribution < 1.29 is 4.79 Å². The molecule has 86 valence electrons. The third-order valence-corrected chi connectivity index (χ3v) is 3.06. The van der Waals surface area contributed by atoms with E-state index in [9.17, 15) is 4.79 Å². The van der Waals surface area contributed by atoms with Gasteiger partial charge in [-0.1, -0.05) is 43.5 Å². The molecular formula is C14H18OS. The maximum absolute atomic E-state index is 11.5. The quantitative estimate of drug-likeness (QED) is 0.428. The number of rotatable bonds is 5. The molecule has 1 aromatic carbocycles. The van der Waals surface area contributed by atoms with Gasteiger partial charge in [-0.25, -0.2) is 0 Å². The summed E-state index contributed by atoms with van der Waals surface area (Å²) in [4.78, 5) is 12.5. The topological polar surface area (TPSA) is 17.1 Å². The largest absolute Gasteiger partial charge is 0.282 e. The molecule has 16 heavy (non-hydrogen) atoms. The summed E-state index contributed by atoms with van der Waals surface area (Å²) >= 11 is 1.28. The summed E-state index contributed by atoms with van der Waals surface area (Å²) in [5.41, 5.74) is 1.22. The van der Waals surface area contributed by atoms with Gasteiger partial charge in [0.25, 0.3) is 0 Å². The fourth-order valence-electron chi connectivity index (χ4n) is 1.26. The van der Waals surface area contributed by atoms with Crippen LogP contribution in [0.5, 0.6) is 0 Å². The number of allylic oxidation sites excluding steroid dienone is 1. The summed E-state index contributed by atoms with van der Waals surface area (Å²) in [6.45, 7) is 4.19. The molecule has 0 fully saturated rings. The predicted molar refractivity (Wildman–Crippen MR) is 70.7 cm³/mol. The van der Waals surface area contributed by atoms with Gasteiger partial charge in [0.1, 0.15) is 0 Å². The lowest BCUT2D eigenvalue weighted by Crippen LogP contribution is -1.84. The molecule has 1 nitrogen and oxygen atoms in total. The average molecular weight is 234 g/mol. The van der Waals surface area contributed by atoms with Gasteiger partial charge in [0, 0.05) is 4.90 Å². The van der Waals surface area contributed by atoms with Crippen molar-refractivity contribution in [3.05, 3.63) is 42.0 Å². The van der Waals surface area contributed by atoms with E-state index in [1.165, 1.54) is 23.7 Å². The first-order valence-corrected chi connectivity index (χ1v) is 6.49. The number of hydrogen-bond donors (Lipinski definition) is 0. The van der Waals surface area contributed by atoms with Crippen LogP contribution in [0.25, 0.3) is 0 Å². The van der Waals surface area contributed by atoms with Crippen molar-refractivity contribution in [3.8, 4) is 0 Å². The van der Waals surface area contributed by atoms with Gasteiger partial charge < -0.3 is 0 Å². The van der Waals surface area contributed by atoms with Gasteiger partial charge in [0.15, 0.2) is 0 Å². The van der Waals surface area contributed by atoms with Crippen LogP contribution in [0.4, 0.5) is 0 Å². The molecule has 0 N–H and O–H groups in total. The first kappa shape index (κ1) is 13.0. The summed E-state index contributed by atoms with van der Waals surface area (Å²) in [6, 6.07) is 8.02. The Hall–Kier alpha value is -1.02. The van der Waals surface area contributed by atoms with Gasteiger partial charge in [0.2, 0.25) is 5.12 Å². The van der Waals surface area contributed by atoms with E-state index in [1.54, 1.807) is 6.08 Å². The van der Waals surface area contributed by atoms with Crippen molar-refractivity contribution in [3.63, 3.8) is 0 Å². The van der Waals surface area contributed by atoms with E-state index in [-0.39, 0.29) is 5.12 Å². The SMILES string of the molecule is CCCC/C=C/C(=O)Sc1ccc(C)cc1. The summed E-state index contributed by atoms with van der Waals surface area (Å²) in [5.74, 6) is 0. The number of thioether (sulfide) groups is 1. The second kappa shape index (κ2) is 7.29. The number of aryl methyl sites for hydroxylation is 1. The third kappa shape index (κ3) is 5.17. The Kier molecular flexibility index (Phi) is 5.94. The Bertz CT molecular complexity index is 352. The number of carbonyl (C=O) groups excluding carboxylic acids is 1. The van der Waals surface area contributed by atoms with Gasteiger partial charge in [-0.15, -0.1) is 0 Å². The predicted octanol–water partition coefficient (Wildman–Crippen LogP) is 4.36. The van der Waals surface area contributed by atoms with Gasteiger partial charge in [-0.05, 0) is 43.3 Å². The molecule has 1 rings (SSSR count). The highest BCUT2D eigenvalue weighted by molar-refractivity contribution is 8.14. The van der Waals surface area contributed by atoms with E-state index in [1.807, 2.05) is 37.3 Å². The summed E-state index contributed by atoms with van der Waals surface area (Å²) in [5, 5.41) is 0.111. The molecule has 0 atom stereocenters. The van der Waals surface area contributed by atoms with E-state index in [0.29, 0.717) is 0 Å². The second-order valence-corrected chi connectivity index (χ2v) is 4.86. The second-order valence-electron chi connectivity index (χ2n) is 3.78. The van der Waals surface area contributed by atoms with Crippen molar-refractivity contribution in [2.24, 2.45) is 0 Å². The van der Waals surface area contributed by atoms with Crippen LogP contribution < -0.4 is 0 Å². The standard InChI is InChI=1S/C14H18OS/c1-3-4-5-6-7-14(15)16-13-10-8-12(2)9-11-13/h6-11H,3-5H2,1-2H3/b7-6+. The zero-order valence-corrected chi connectivity index (χ0v) is 10.7. The molecule has 0 spiro atoms. The van der Waals surface area contributed by atoms with Gasteiger partial charge in [-0.3, -0.25) is 4.79 Å². The molecule has 0 aliphatic heterocycles. The number of benzene rings is 1. The molecular weight excluding hydrogens is 216 g/mol.